The molecule has 0 atom stereocenters. The summed E-state index contributed by atoms with van der Waals surface area (Å²) in [5.74, 6) is 0. The maximum atomic E-state index is 9.70. The van der Waals surface area contributed by atoms with E-state index in [1.807, 2.05) is 12.1 Å². The fourth-order valence-electron chi connectivity index (χ4n) is 6.12. The van der Waals surface area contributed by atoms with Gasteiger partial charge in [-0.2, -0.15) is 5.26 Å². The molecule has 0 aromatic heterocycles. The van der Waals surface area contributed by atoms with Crippen molar-refractivity contribution in [2.45, 2.75) is 54.1 Å². The minimum absolute atomic E-state index is 0.403. The summed E-state index contributed by atoms with van der Waals surface area (Å²) in [6.07, 6.45) is 0. The minimum atomic E-state index is -0.453. The van der Waals surface area contributed by atoms with Crippen LogP contribution in [0.2, 0.25) is 0 Å². The number of hydrogen-bond acceptors (Lipinski definition) is 4. The highest BCUT2D eigenvalue weighted by molar-refractivity contribution is 7.99. The zero-order valence-electron chi connectivity index (χ0n) is 21.3. The molecule has 3 nitrogen and oxygen atoms in total. The molecule has 4 aromatic rings. The Labute approximate surface area is 222 Å². The Bertz CT molecular complexity index is 1590. The van der Waals surface area contributed by atoms with Crippen LogP contribution in [0.1, 0.15) is 55.5 Å². The molecule has 4 aromatic carbocycles. The smallest absolute Gasteiger partial charge is 0.399 e. The molecule has 1 saturated heterocycles. The van der Waals surface area contributed by atoms with Crippen molar-refractivity contribution in [3.63, 3.8) is 0 Å². The fourth-order valence-corrected chi connectivity index (χ4v) is 7.40. The highest BCUT2D eigenvalue weighted by Gasteiger charge is 2.53. The predicted octanol–water partition coefficient (Wildman–Crippen LogP) is 6.69. The van der Waals surface area contributed by atoms with Crippen LogP contribution in [0.25, 0.3) is 11.1 Å². The van der Waals surface area contributed by atoms with Gasteiger partial charge < -0.3 is 9.31 Å². The molecule has 2 heterocycles. The quantitative estimate of drug-likeness (QED) is 0.237. The van der Waals surface area contributed by atoms with E-state index in [0.29, 0.717) is 5.56 Å². The monoisotopic (exact) mass is 499 g/mol. The van der Waals surface area contributed by atoms with Gasteiger partial charge in [0.25, 0.3) is 0 Å². The molecule has 0 amide bonds. The molecule has 1 fully saturated rings. The maximum Gasteiger partial charge on any atom is 0.494 e. The molecule has 0 saturated carbocycles. The standard InChI is InChI=1S/C32H26BNO2S/c1-30(2)31(3,4)36-33(35-30)21-14-16-27-29(18-21)37-28-17-20(19-34)13-15-26(28)32(27)24-11-7-5-9-22(24)23-10-6-8-12-25(23)32/h5-18H,1-4H3. The zero-order chi connectivity index (χ0) is 25.6. The number of rotatable bonds is 1. The Hall–Kier alpha value is -3.30. The summed E-state index contributed by atoms with van der Waals surface area (Å²) in [4.78, 5) is 2.28. The van der Waals surface area contributed by atoms with Gasteiger partial charge in [-0.05, 0) is 84.7 Å². The van der Waals surface area contributed by atoms with E-state index in [1.54, 1.807) is 11.8 Å². The molecule has 180 valence electrons. The fraction of sp³-hybridized carbons (Fsp3) is 0.219. The van der Waals surface area contributed by atoms with Gasteiger partial charge in [-0.3, -0.25) is 0 Å². The number of benzene rings is 4. The summed E-state index contributed by atoms with van der Waals surface area (Å²) >= 11 is 1.73. The van der Waals surface area contributed by atoms with E-state index in [2.05, 4.69) is 107 Å². The van der Waals surface area contributed by atoms with Gasteiger partial charge in [-0.25, -0.2) is 0 Å². The lowest BCUT2D eigenvalue weighted by Gasteiger charge is -2.40. The summed E-state index contributed by atoms with van der Waals surface area (Å²) in [6, 6.07) is 32.6. The van der Waals surface area contributed by atoms with Crippen LogP contribution in [0.5, 0.6) is 0 Å². The predicted molar refractivity (Wildman–Crippen MR) is 148 cm³/mol. The molecule has 0 N–H and O–H groups in total. The molecule has 3 aliphatic rings. The summed E-state index contributed by atoms with van der Waals surface area (Å²) in [5.41, 5.74) is 8.01. The van der Waals surface area contributed by atoms with Crippen molar-refractivity contribution in [2.75, 3.05) is 0 Å². The van der Waals surface area contributed by atoms with Crippen LogP contribution in [-0.2, 0) is 14.7 Å². The SMILES string of the molecule is CC1(C)OB(c2ccc3c(c2)Sc2cc(C#N)ccc2C32c3ccccc3-c3ccccc32)OC1(C)C. The van der Waals surface area contributed by atoms with Crippen molar-refractivity contribution in [1.82, 2.24) is 0 Å². The highest BCUT2D eigenvalue weighted by Crippen LogP contribution is 2.62. The molecule has 1 aliphatic carbocycles. The first-order chi connectivity index (χ1) is 17.8. The normalized spacial score (nSPS) is 19.1. The number of fused-ring (bicyclic) bond motifs is 9. The third-order valence-corrected chi connectivity index (χ3v) is 9.74. The van der Waals surface area contributed by atoms with Crippen molar-refractivity contribution in [1.29, 1.82) is 5.26 Å². The summed E-state index contributed by atoms with van der Waals surface area (Å²) in [6.45, 7) is 8.34. The molecular formula is C32H26BNO2S. The Morgan fingerprint density at radius 1 is 0.676 bits per heavy atom. The van der Waals surface area contributed by atoms with Crippen molar-refractivity contribution in [3.8, 4) is 17.2 Å². The number of nitrogens with zero attached hydrogens (tertiary/aromatic N) is 1. The highest BCUT2D eigenvalue weighted by atomic mass is 32.2. The molecule has 0 radical (unpaired) electrons. The van der Waals surface area contributed by atoms with Gasteiger partial charge in [0.15, 0.2) is 0 Å². The van der Waals surface area contributed by atoms with Gasteiger partial charge in [-0.1, -0.05) is 78.5 Å². The molecular weight excluding hydrogens is 473 g/mol. The maximum absolute atomic E-state index is 9.70. The Morgan fingerprint density at radius 3 is 1.81 bits per heavy atom. The topological polar surface area (TPSA) is 42.2 Å². The van der Waals surface area contributed by atoms with Crippen molar-refractivity contribution >= 4 is 24.3 Å². The zero-order valence-corrected chi connectivity index (χ0v) is 22.1. The third kappa shape index (κ3) is 2.98. The van der Waals surface area contributed by atoms with Gasteiger partial charge in [0.05, 0.1) is 28.2 Å². The molecule has 2 aliphatic heterocycles. The van der Waals surface area contributed by atoms with Gasteiger partial charge in [0.2, 0.25) is 0 Å². The van der Waals surface area contributed by atoms with Crippen molar-refractivity contribution in [3.05, 3.63) is 113 Å². The largest absolute Gasteiger partial charge is 0.494 e. The molecule has 7 rings (SSSR count). The lowest BCUT2D eigenvalue weighted by atomic mass is 9.66. The first-order valence-electron chi connectivity index (χ1n) is 12.7. The molecule has 1 spiro atoms. The van der Waals surface area contributed by atoms with Crippen LogP contribution in [-0.4, -0.2) is 18.3 Å². The second-order valence-corrected chi connectivity index (χ2v) is 12.2. The molecule has 5 heteroatoms. The van der Waals surface area contributed by atoms with Crippen LogP contribution in [0, 0.1) is 11.3 Å². The summed E-state index contributed by atoms with van der Waals surface area (Å²) in [5, 5.41) is 9.70. The van der Waals surface area contributed by atoms with E-state index in [4.69, 9.17) is 9.31 Å². The van der Waals surface area contributed by atoms with Gasteiger partial charge >= 0.3 is 7.12 Å². The van der Waals surface area contributed by atoms with E-state index in [1.165, 1.54) is 38.3 Å². The average Bonchev–Trinajstić information content (AvgIpc) is 3.31. The summed E-state index contributed by atoms with van der Waals surface area (Å²) < 4.78 is 12.8. The first-order valence-corrected chi connectivity index (χ1v) is 13.5. The molecule has 0 bridgehead atoms. The van der Waals surface area contributed by atoms with E-state index in [9.17, 15) is 5.26 Å². The first kappa shape index (κ1) is 22.9. The Kier molecular flexibility index (Phi) is 4.71. The lowest BCUT2D eigenvalue weighted by molar-refractivity contribution is 0.00578. The van der Waals surface area contributed by atoms with Crippen LogP contribution < -0.4 is 5.46 Å². The van der Waals surface area contributed by atoms with Crippen LogP contribution in [0.3, 0.4) is 0 Å². The van der Waals surface area contributed by atoms with Gasteiger partial charge in [0, 0.05) is 9.79 Å². The second-order valence-electron chi connectivity index (χ2n) is 11.1. The van der Waals surface area contributed by atoms with Crippen LogP contribution >= 0.6 is 11.8 Å². The minimum Gasteiger partial charge on any atom is -0.399 e. The van der Waals surface area contributed by atoms with Gasteiger partial charge in [-0.15, -0.1) is 0 Å². The van der Waals surface area contributed by atoms with E-state index in [0.717, 1.165) is 10.4 Å². The third-order valence-electron chi connectivity index (χ3n) is 8.62. The average molecular weight is 499 g/mol. The lowest BCUT2D eigenvalue weighted by Crippen LogP contribution is -2.41. The molecule has 0 unspecified atom stereocenters. The van der Waals surface area contributed by atoms with Crippen molar-refractivity contribution < 1.29 is 9.31 Å². The summed E-state index contributed by atoms with van der Waals surface area (Å²) in [7, 11) is -0.429. The van der Waals surface area contributed by atoms with E-state index >= 15 is 0 Å². The van der Waals surface area contributed by atoms with Crippen LogP contribution in [0.15, 0.2) is 94.7 Å². The van der Waals surface area contributed by atoms with Crippen molar-refractivity contribution in [2.24, 2.45) is 0 Å². The Balaban J connectivity index is 1.50. The van der Waals surface area contributed by atoms with Crippen LogP contribution in [0.4, 0.5) is 0 Å². The van der Waals surface area contributed by atoms with E-state index < -0.39 is 23.7 Å². The van der Waals surface area contributed by atoms with E-state index in [-0.39, 0.29) is 0 Å². The second kappa shape index (κ2) is 7.62. The molecule has 37 heavy (non-hydrogen) atoms. The Morgan fingerprint density at radius 2 is 1.22 bits per heavy atom. The number of nitriles is 1. The number of hydrogen-bond donors (Lipinski definition) is 0. The van der Waals surface area contributed by atoms with Gasteiger partial charge in [0.1, 0.15) is 0 Å².